The molecule has 0 saturated heterocycles. The van der Waals surface area contributed by atoms with E-state index in [1.165, 1.54) is 0 Å². The van der Waals surface area contributed by atoms with Gasteiger partial charge in [-0.1, -0.05) is 30.0 Å². The van der Waals surface area contributed by atoms with Crippen LogP contribution < -0.4 is 5.56 Å². The number of hydrogen-bond acceptors (Lipinski definition) is 2. The number of aromatic nitrogens is 1. The van der Waals surface area contributed by atoms with E-state index in [0.29, 0.717) is 6.54 Å². The van der Waals surface area contributed by atoms with Crippen molar-refractivity contribution in [1.82, 2.24) is 4.57 Å². The molecule has 0 fully saturated rings. The van der Waals surface area contributed by atoms with Crippen molar-refractivity contribution in [2.45, 2.75) is 13.5 Å². The van der Waals surface area contributed by atoms with Crippen LogP contribution in [0.15, 0.2) is 47.4 Å². The average molecular weight is 253 g/mol. The molecule has 0 amide bonds. The highest BCUT2D eigenvalue weighted by molar-refractivity contribution is 5.37. The maximum atomic E-state index is 11.9. The Kier molecular flexibility index (Phi) is 4.17. The Bertz CT molecular complexity index is 690. The van der Waals surface area contributed by atoms with Crippen molar-refractivity contribution >= 4 is 0 Å². The van der Waals surface area contributed by atoms with Gasteiger partial charge in [0, 0.05) is 17.3 Å². The Morgan fingerprint density at radius 1 is 1.26 bits per heavy atom. The zero-order chi connectivity index (χ0) is 13.7. The molecule has 2 aromatic rings. The van der Waals surface area contributed by atoms with Gasteiger partial charge >= 0.3 is 0 Å². The minimum atomic E-state index is -0.151. The van der Waals surface area contributed by atoms with Crippen LogP contribution in [0.2, 0.25) is 0 Å². The molecule has 0 aliphatic heterocycles. The Balaban J connectivity index is 2.29. The van der Waals surface area contributed by atoms with E-state index in [0.717, 1.165) is 16.7 Å². The SMILES string of the molecule is Cc1cccn(Cc2cccc(C#CCO)c2)c1=O. The first-order valence-corrected chi connectivity index (χ1v) is 6.05. The molecule has 0 saturated carbocycles. The van der Waals surface area contributed by atoms with Crippen molar-refractivity contribution in [2.75, 3.05) is 6.61 Å². The molecule has 0 radical (unpaired) electrons. The summed E-state index contributed by atoms with van der Waals surface area (Å²) in [5.41, 5.74) is 2.61. The largest absolute Gasteiger partial charge is 0.384 e. The van der Waals surface area contributed by atoms with Gasteiger partial charge in [0.2, 0.25) is 0 Å². The lowest BCUT2D eigenvalue weighted by Gasteiger charge is -2.06. The van der Waals surface area contributed by atoms with Gasteiger partial charge in [0.1, 0.15) is 6.61 Å². The van der Waals surface area contributed by atoms with Crippen molar-refractivity contribution in [3.05, 3.63) is 69.6 Å². The smallest absolute Gasteiger partial charge is 0.253 e. The van der Waals surface area contributed by atoms with Crippen LogP contribution in [0.25, 0.3) is 0 Å². The summed E-state index contributed by atoms with van der Waals surface area (Å²) in [5.74, 6) is 5.47. The molecule has 0 spiro atoms. The third kappa shape index (κ3) is 3.34. The molecule has 1 aromatic heterocycles. The fourth-order valence-electron chi connectivity index (χ4n) is 1.87. The van der Waals surface area contributed by atoms with Gasteiger partial charge in [0.25, 0.3) is 5.56 Å². The first-order chi connectivity index (χ1) is 9.20. The van der Waals surface area contributed by atoms with Crippen LogP contribution in [0.4, 0.5) is 0 Å². The molecule has 0 bridgehead atoms. The van der Waals surface area contributed by atoms with Crippen LogP contribution in [0.3, 0.4) is 0 Å². The van der Waals surface area contributed by atoms with E-state index in [2.05, 4.69) is 11.8 Å². The normalized spacial score (nSPS) is 9.79. The molecule has 96 valence electrons. The number of rotatable bonds is 2. The molecule has 1 aromatic carbocycles. The molecule has 19 heavy (non-hydrogen) atoms. The number of aliphatic hydroxyl groups is 1. The monoisotopic (exact) mass is 253 g/mol. The summed E-state index contributed by atoms with van der Waals surface area (Å²) in [5, 5.41) is 8.68. The maximum Gasteiger partial charge on any atom is 0.253 e. The molecule has 0 aliphatic rings. The highest BCUT2D eigenvalue weighted by atomic mass is 16.2. The van der Waals surface area contributed by atoms with Crippen LogP contribution in [0.1, 0.15) is 16.7 Å². The third-order valence-corrected chi connectivity index (χ3v) is 2.80. The predicted molar refractivity (Wildman–Crippen MR) is 74.9 cm³/mol. The summed E-state index contributed by atoms with van der Waals surface area (Å²) in [6.45, 7) is 2.18. The molecule has 0 unspecified atom stereocenters. The number of pyridine rings is 1. The molecule has 2 rings (SSSR count). The predicted octanol–water partition coefficient (Wildman–Crippen LogP) is 1.55. The quantitative estimate of drug-likeness (QED) is 0.825. The highest BCUT2D eigenvalue weighted by Crippen LogP contribution is 2.05. The number of aliphatic hydroxyl groups excluding tert-OH is 1. The standard InChI is InChI=1S/C16H15NO2/c1-13-5-3-9-17(16(13)19)12-15-7-2-6-14(11-15)8-4-10-18/h2-3,5-7,9,11,18H,10,12H2,1H3. The summed E-state index contributed by atoms with van der Waals surface area (Å²) in [4.78, 5) is 11.9. The van der Waals surface area contributed by atoms with Gasteiger partial charge in [-0.3, -0.25) is 4.79 Å². The van der Waals surface area contributed by atoms with Gasteiger partial charge in [0.15, 0.2) is 0 Å². The number of benzene rings is 1. The topological polar surface area (TPSA) is 42.2 Å². The highest BCUT2D eigenvalue weighted by Gasteiger charge is 2.00. The molecular formula is C16H15NO2. The summed E-state index contributed by atoms with van der Waals surface area (Å²) in [6, 6.07) is 11.3. The fourth-order valence-corrected chi connectivity index (χ4v) is 1.87. The second-order valence-electron chi connectivity index (χ2n) is 4.28. The average Bonchev–Trinajstić information content (AvgIpc) is 2.42. The van der Waals surface area contributed by atoms with E-state index in [4.69, 9.17) is 5.11 Å². The van der Waals surface area contributed by atoms with E-state index in [1.807, 2.05) is 43.3 Å². The minimum Gasteiger partial charge on any atom is -0.384 e. The lowest BCUT2D eigenvalue weighted by atomic mass is 10.1. The summed E-state index contributed by atoms with van der Waals surface area (Å²) >= 11 is 0. The second kappa shape index (κ2) is 6.03. The zero-order valence-corrected chi connectivity index (χ0v) is 10.8. The summed E-state index contributed by atoms with van der Waals surface area (Å²) in [6.07, 6.45) is 1.78. The Hall–Kier alpha value is -2.31. The van der Waals surface area contributed by atoms with Gasteiger partial charge in [0.05, 0.1) is 6.54 Å². The number of aryl methyl sites for hydroxylation is 1. The molecule has 0 aliphatic carbocycles. The van der Waals surface area contributed by atoms with Crippen molar-refractivity contribution in [2.24, 2.45) is 0 Å². The first-order valence-electron chi connectivity index (χ1n) is 6.05. The van der Waals surface area contributed by atoms with Gasteiger partial charge in [-0.15, -0.1) is 0 Å². The molecule has 1 heterocycles. The molecular weight excluding hydrogens is 238 g/mol. The lowest BCUT2D eigenvalue weighted by Crippen LogP contribution is -2.21. The van der Waals surface area contributed by atoms with Gasteiger partial charge in [-0.25, -0.2) is 0 Å². The van der Waals surface area contributed by atoms with Gasteiger partial charge in [-0.05, 0) is 30.7 Å². The van der Waals surface area contributed by atoms with Crippen molar-refractivity contribution in [1.29, 1.82) is 0 Å². The zero-order valence-electron chi connectivity index (χ0n) is 10.8. The van der Waals surface area contributed by atoms with Crippen LogP contribution in [-0.4, -0.2) is 16.3 Å². The second-order valence-corrected chi connectivity index (χ2v) is 4.28. The van der Waals surface area contributed by atoms with Crippen molar-refractivity contribution < 1.29 is 5.11 Å². The Morgan fingerprint density at radius 2 is 2.11 bits per heavy atom. The molecule has 3 nitrogen and oxygen atoms in total. The van der Waals surface area contributed by atoms with Crippen molar-refractivity contribution in [3.8, 4) is 11.8 Å². The number of nitrogens with zero attached hydrogens (tertiary/aromatic N) is 1. The van der Waals surface area contributed by atoms with E-state index < -0.39 is 0 Å². The molecule has 3 heteroatoms. The number of hydrogen-bond donors (Lipinski definition) is 1. The van der Waals surface area contributed by atoms with Crippen molar-refractivity contribution in [3.63, 3.8) is 0 Å². The lowest BCUT2D eigenvalue weighted by molar-refractivity contribution is 0.350. The van der Waals surface area contributed by atoms with E-state index >= 15 is 0 Å². The Morgan fingerprint density at radius 3 is 2.89 bits per heavy atom. The third-order valence-electron chi connectivity index (χ3n) is 2.80. The van der Waals surface area contributed by atoms with E-state index in [9.17, 15) is 4.79 Å². The summed E-state index contributed by atoms with van der Waals surface area (Å²) < 4.78 is 1.67. The molecule has 1 N–H and O–H groups in total. The maximum absolute atomic E-state index is 11.9. The van der Waals surface area contributed by atoms with Gasteiger partial charge in [-0.2, -0.15) is 0 Å². The fraction of sp³-hybridized carbons (Fsp3) is 0.188. The van der Waals surface area contributed by atoms with E-state index in [-0.39, 0.29) is 12.2 Å². The van der Waals surface area contributed by atoms with E-state index in [1.54, 1.807) is 10.8 Å². The van der Waals surface area contributed by atoms with Crippen LogP contribution >= 0.6 is 0 Å². The van der Waals surface area contributed by atoms with Crippen LogP contribution in [0, 0.1) is 18.8 Å². The minimum absolute atomic E-state index is 0.0225. The van der Waals surface area contributed by atoms with Crippen LogP contribution in [-0.2, 0) is 6.54 Å². The van der Waals surface area contributed by atoms with Crippen LogP contribution in [0.5, 0.6) is 0 Å². The Labute approximate surface area is 112 Å². The van der Waals surface area contributed by atoms with Gasteiger partial charge < -0.3 is 9.67 Å². The molecule has 0 atom stereocenters. The summed E-state index contributed by atoms with van der Waals surface area (Å²) in [7, 11) is 0. The first kappa shape index (κ1) is 13.1.